The van der Waals surface area contributed by atoms with E-state index >= 15 is 0 Å². The second kappa shape index (κ2) is 5.07. The van der Waals surface area contributed by atoms with E-state index in [0.717, 1.165) is 24.2 Å². The normalized spacial score (nSPS) is 29.8. The van der Waals surface area contributed by atoms with Crippen molar-refractivity contribution in [3.05, 3.63) is 23.8 Å². The van der Waals surface area contributed by atoms with Gasteiger partial charge in [0.2, 0.25) is 0 Å². The van der Waals surface area contributed by atoms with Crippen LogP contribution in [-0.2, 0) is 0 Å². The highest BCUT2D eigenvalue weighted by molar-refractivity contribution is 5.78. The minimum absolute atomic E-state index is 0.0251. The molecule has 2 N–H and O–H groups in total. The van der Waals surface area contributed by atoms with E-state index in [2.05, 4.69) is 32.8 Å². The Bertz CT molecular complexity index is 563. The first kappa shape index (κ1) is 14.2. The predicted octanol–water partition coefficient (Wildman–Crippen LogP) is 0.780. The molecule has 2 atom stereocenters. The SMILES string of the molecule is CC1CC2=CN(CN3C=C4CC(C)NC(=O)N4C3)CN2C(=O)N1. The maximum absolute atomic E-state index is 12.0. The Balaban J connectivity index is 1.42. The Kier molecular flexibility index (Phi) is 3.14. The van der Waals surface area contributed by atoms with Crippen LogP contribution in [0.15, 0.2) is 23.8 Å². The lowest BCUT2D eigenvalue weighted by Crippen LogP contribution is -2.50. The van der Waals surface area contributed by atoms with Gasteiger partial charge < -0.3 is 20.4 Å². The molecule has 23 heavy (non-hydrogen) atoms. The number of nitrogens with zero attached hydrogens (tertiary/aromatic N) is 4. The average Bonchev–Trinajstić information content (AvgIpc) is 3.02. The predicted molar refractivity (Wildman–Crippen MR) is 83.3 cm³/mol. The summed E-state index contributed by atoms with van der Waals surface area (Å²) in [6.07, 6.45) is 5.84. The lowest BCUT2D eigenvalue weighted by atomic mass is 10.1. The molecule has 0 spiro atoms. The van der Waals surface area contributed by atoms with E-state index < -0.39 is 0 Å². The summed E-state index contributed by atoms with van der Waals surface area (Å²) < 4.78 is 0. The van der Waals surface area contributed by atoms with E-state index in [4.69, 9.17) is 0 Å². The molecule has 4 aliphatic rings. The molecule has 0 aromatic carbocycles. The van der Waals surface area contributed by atoms with Crippen molar-refractivity contribution in [3.8, 4) is 0 Å². The van der Waals surface area contributed by atoms with Gasteiger partial charge in [-0.1, -0.05) is 0 Å². The van der Waals surface area contributed by atoms with Crippen LogP contribution in [-0.4, -0.2) is 63.8 Å². The van der Waals surface area contributed by atoms with E-state index in [1.54, 1.807) is 9.80 Å². The fourth-order valence-corrected chi connectivity index (χ4v) is 3.61. The van der Waals surface area contributed by atoms with E-state index in [1.807, 2.05) is 13.8 Å². The van der Waals surface area contributed by atoms with E-state index in [1.165, 1.54) is 0 Å². The van der Waals surface area contributed by atoms with Gasteiger partial charge in [-0.3, -0.25) is 9.80 Å². The van der Waals surface area contributed by atoms with Gasteiger partial charge in [-0.25, -0.2) is 9.59 Å². The third-order valence-corrected chi connectivity index (χ3v) is 4.63. The highest BCUT2D eigenvalue weighted by atomic mass is 16.2. The van der Waals surface area contributed by atoms with Crippen molar-refractivity contribution in [2.45, 2.75) is 38.8 Å². The maximum atomic E-state index is 12.0. The third kappa shape index (κ3) is 2.47. The number of urea groups is 2. The first-order valence-electron chi connectivity index (χ1n) is 8.05. The molecular formula is C15H22N6O2. The molecule has 2 unspecified atom stereocenters. The molecule has 4 heterocycles. The molecule has 0 saturated carbocycles. The zero-order chi connectivity index (χ0) is 16.1. The summed E-state index contributed by atoms with van der Waals surface area (Å²) in [5, 5.41) is 5.90. The number of carbonyl (C=O) groups excluding carboxylic acids is 2. The maximum Gasteiger partial charge on any atom is 0.323 e. The zero-order valence-corrected chi connectivity index (χ0v) is 13.5. The van der Waals surface area contributed by atoms with E-state index in [9.17, 15) is 9.59 Å². The molecule has 4 aliphatic heterocycles. The summed E-state index contributed by atoms with van der Waals surface area (Å²) in [6.45, 7) is 5.83. The van der Waals surface area contributed by atoms with Crippen LogP contribution in [0.25, 0.3) is 0 Å². The van der Waals surface area contributed by atoms with Crippen molar-refractivity contribution in [1.29, 1.82) is 0 Å². The highest BCUT2D eigenvalue weighted by Crippen LogP contribution is 2.27. The van der Waals surface area contributed by atoms with Crippen LogP contribution in [0.4, 0.5) is 9.59 Å². The quantitative estimate of drug-likeness (QED) is 0.789. The standard InChI is InChI=1S/C15H22N6O2/c1-10-3-12-5-18(8-20(12)14(22)16-10)7-19-6-13-4-11(2)17-15(23)21(13)9-19/h5-6,10-11H,3-4,7-9H2,1-2H3,(H,16,22)(H,17,23). The van der Waals surface area contributed by atoms with Crippen LogP contribution in [0, 0.1) is 0 Å². The molecule has 8 nitrogen and oxygen atoms in total. The number of hydrogen-bond acceptors (Lipinski definition) is 4. The van der Waals surface area contributed by atoms with Crippen molar-refractivity contribution in [2.24, 2.45) is 0 Å². The van der Waals surface area contributed by atoms with Crippen molar-refractivity contribution in [1.82, 2.24) is 30.2 Å². The topological polar surface area (TPSA) is 71.2 Å². The Labute approximate surface area is 135 Å². The molecule has 0 bridgehead atoms. The van der Waals surface area contributed by atoms with Crippen LogP contribution < -0.4 is 10.6 Å². The largest absolute Gasteiger partial charge is 0.340 e. The molecular weight excluding hydrogens is 296 g/mol. The van der Waals surface area contributed by atoms with E-state index in [0.29, 0.717) is 20.0 Å². The molecule has 4 amide bonds. The summed E-state index contributed by atoms with van der Waals surface area (Å²) in [6, 6.07) is 0.307. The molecule has 124 valence electrons. The molecule has 4 rings (SSSR count). The second-order valence-electron chi connectivity index (χ2n) is 6.81. The number of fused-ring (bicyclic) bond motifs is 2. The molecule has 0 radical (unpaired) electrons. The van der Waals surface area contributed by atoms with Gasteiger partial charge in [0.25, 0.3) is 0 Å². The first-order chi connectivity index (χ1) is 11.0. The van der Waals surface area contributed by atoms with Gasteiger partial charge in [-0.05, 0) is 13.8 Å². The highest BCUT2D eigenvalue weighted by Gasteiger charge is 2.35. The molecule has 8 heteroatoms. The molecule has 2 fully saturated rings. The molecule has 0 aromatic rings. The number of nitrogens with one attached hydrogen (secondary N) is 2. The van der Waals surface area contributed by atoms with Gasteiger partial charge in [0.1, 0.15) is 13.3 Å². The van der Waals surface area contributed by atoms with Gasteiger partial charge in [0, 0.05) is 48.7 Å². The molecule has 0 aliphatic carbocycles. The van der Waals surface area contributed by atoms with Gasteiger partial charge in [-0.2, -0.15) is 0 Å². The Morgan fingerprint density at radius 3 is 1.78 bits per heavy atom. The minimum Gasteiger partial charge on any atom is -0.340 e. The van der Waals surface area contributed by atoms with Crippen LogP contribution in [0.2, 0.25) is 0 Å². The summed E-state index contributed by atoms with van der Waals surface area (Å²) in [4.78, 5) is 31.8. The summed E-state index contributed by atoms with van der Waals surface area (Å²) in [5.74, 6) is 0. The third-order valence-electron chi connectivity index (χ3n) is 4.63. The zero-order valence-electron chi connectivity index (χ0n) is 13.5. The fourth-order valence-electron chi connectivity index (χ4n) is 3.61. The number of carbonyl (C=O) groups is 2. The van der Waals surface area contributed by atoms with Crippen molar-refractivity contribution >= 4 is 12.1 Å². The van der Waals surface area contributed by atoms with Gasteiger partial charge >= 0.3 is 12.1 Å². The van der Waals surface area contributed by atoms with Crippen LogP contribution >= 0.6 is 0 Å². The monoisotopic (exact) mass is 318 g/mol. The molecule has 2 saturated heterocycles. The smallest absolute Gasteiger partial charge is 0.323 e. The van der Waals surface area contributed by atoms with Crippen LogP contribution in [0.1, 0.15) is 26.7 Å². The lowest BCUT2D eigenvalue weighted by Gasteiger charge is -2.31. The van der Waals surface area contributed by atoms with Crippen LogP contribution in [0.3, 0.4) is 0 Å². The average molecular weight is 318 g/mol. The summed E-state index contributed by atoms with van der Waals surface area (Å²) in [7, 11) is 0. The van der Waals surface area contributed by atoms with Gasteiger partial charge in [0.05, 0.1) is 6.67 Å². The Morgan fingerprint density at radius 1 is 0.913 bits per heavy atom. The minimum atomic E-state index is -0.0251. The number of amides is 4. The summed E-state index contributed by atoms with van der Waals surface area (Å²) >= 11 is 0. The lowest BCUT2D eigenvalue weighted by molar-refractivity contribution is 0.149. The number of hydrogen-bond donors (Lipinski definition) is 2. The first-order valence-corrected chi connectivity index (χ1v) is 8.05. The van der Waals surface area contributed by atoms with Gasteiger partial charge in [-0.15, -0.1) is 0 Å². The van der Waals surface area contributed by atoms with E-state index in [-0.39, 0.29) is 24.1 Å². The van der Waals surface area contributed by atoms with Crippen molar-refractivity contribution in [3.63, 3.8) is 0 Å². The van der Waals surface area contributed by atoms with Crippen molar-refractivity contribution < 1.29 is 9.59 Å². The molecule has 0 aromatic heterocycles. The Morgan fingerprint density at radius 2 is 1.35 bits per heavy atom. The Hall–Kier alpha value is -2.38. The number of rotatable bonds is 2. The van der Waals surface area contributed by atoms with Gasteiger partial charge in [0.15, 0.2) is 0 Å². The summed E-state index contributed by atoms with van der Waals surface area (Å²) in [5.41, 5.74) is 2.13. The second-order valence-corrected chi connectivity index (χ2v) is 6.81. The fraction of sp³-hybridized carbons (Fsp3) is 0.600. The van der Waals surface area contributed by atoms with Crippen molar-refractivity contribution in [2.75, 3.05) is 20.0 Å². The van der Waals surface area contributed by atoms with Crippen LogP contribution in [0.5, 0.6) is 0 Å².